The van der Waals surface area contributed by atoms with Crippen molar-refractivity contribution in [3.8, 4) is 11.5 Å². The second-order valence-corrected chi connectivity index (χ2v) is 6.61. The molecule has 0 aliphatic rings. The van der Waals surface area contributed by atoms with E-state index >= 15 is 0 Å². The van der Waals surface area contributed by atoms with Crippen LogP contribution in [0.4, 0.5) is 11.4 Å². The van der Waals surface area contributed by atoms with Gasteiger partial charge in [-0.1, -0.05) is 30.3 Å². The summed E-state index contributed by atoms with van der Waals surface area (Å²) in [5.41, 5.74) is 2.31. The van der Waals surface area contributed by atoms with Crippen molar-refractivity contribution in [2.75, 3.05) is 23.8 Å². The molecule has 7 nitrogen and oxygen atoms in total. The first-order chi connectivity index (χ1) is 15.1. The van der Waals surface area contributed by atoms with Crippen LogP contribution in [0, 0.1) is 0 Å². The molecule has 2 aromatic carbocycles. The lowest BCUT2D eigenvalue weighted by Crippen LogP contribution is -2.17. The molecule has 0 radical (unpaired) electrons. The SMILES string of the molecule is CCOc1cc(NC(=O)c2ccncc2)c(OCC)cc1NC(=O)Cc1ccccc1. The second kappa shape index (κ2) is 10.8. The molecule has 31 heavy (non-hydrogen) atoms. The first-order valence-electron chi connectivity index (χ1n) is 10.1. The fourth-order valence-corrected chi connectivity index (χ4v) is 2.98. The van der Waals surface area contributed by atoms with Crippen molar-refractivity contribution in [2.24, 2.45) is 0 Å². The molecular weight excluding hydrogens is 394 g/mol. The number of amides is 2. The van der Waals surface area contributed by atoms with Crippen LogP contribution in [0.5, 0.6) is 11.5 Å². The summed E-state index contributed by atoms with van der Waals surface area (Å²) in [4.78, 5) is 29.1. The van der Waals surface area contributed by atoms with Gasteiger partial charge in [-0.15, -0.1) is 0 Å². The van der Waals surface area contributed by atoms with Crippen LogP contribution in [0.2, 0.25) is 0 Å². The molecule has 0 unspecified atom stereocenters. The fourth-order valence-electron chi connectivity index (χ4n) is 2.98. The zero-order chi connectivity index (χ0) is 22.1. The molecule has 1 heterocycles. The molecule has 0 spiro atoms. The van der Waals surface area contributed by atoms with Crippen LogP contribution in [0.1, 0.15) is 29.8 Å². The van der Waals surface area contributed by atoms with Gasteiger partial charge in [0.25, 0.3) is 5.91 Å². The summed E-state index contributed by atoms with van der Waals surface area (Å²) in [6.07, 6.45) is 3.33. The van der Waals surface area contributed by atoms with E-state index in [0.29, 0.717) is 41.7 Å². The summed E-state index contributed by atoms with van der Waals surface area (Å²) in [6.45, 7) is 4.48. The highest BCUT2D eigenvalue weighted by Gasteiger charge is 2.17. The molecule has 0 aliphatic heterocycles. The number of benzene rings is 2. The van der Waals surface area contributed by atoms with E-state index in [1.54, 1.807) is 36.7 Å². The summed E-state index contributed by atoms with van der Waals surface area (Å²) in [7, 11) is 0. The van der Waals surface area contributed by atoms with Gasteiger partial charge in [0.1, 0.15) is 11.5 Å². The quantitative estimate of drug-likeness (QED) is 0.539. The Hall–Kier alpha value is -3.87. The summed E-state index contributed by atoms with van der Waals surface area (Å²) in [5.74, 6) is 0.399. The van der Waals surface area contributed by atoms with Crippen molar-refractivity contribution in [1.29, 1.82) is 0 Å². The second-order valence-electron chi connectivity index (χ2n) is 6.61. The van der Waals surface area contributed by atoms with E-state index in [1.165, 1.54) is 0 Å². The molecule has 2 N–H and O–H groups in total. The average Bonchev–Trinajstić information content (AvgIpc) is 2.78. The van der Waals surface area contributed by atoms with Gasteiger partial charge in [0.05, 0.1) is 31.0 Å². The molecule has 1 aromatic heterocycles. The van der Waals surface area contributed by atoms with Crippen LogP contribution in [0.3, 0.4) is 0 Å². The summed E-state index contributed by atoms with van der Waals surface area (Å²) < 4.78 is 11.4. The van der Waals surface area contributed by atoms with Gasteiger partial charge < -0.3 is 20.1 Å². The lowest BCUT2D eigenvalue weighted by atomic mass is 10.1. The minimum absolute atomic E-state index is 0.178. The molecule has 3 rings (SSSR count). The van der Waals surface area contributed by atoms with Gasteiger partial charge in [-0.25, -0.2) is 0 Å². The standard InChI is InChI=1S/C24H25N3O4/c1-3-30-21-16-20(27-24(29)18-10-12-25-13-11-18)22(31-4-2)15-19(21)26-23(28)14-17-8-6-5-7-9-17/h5-13,15-16H,3-4,14H2,1-2H3,(H,26,28)(H,27,29). The van der Waals surface area contributed by atoms with Crippen LogP contribution < -0.4 is 20.1 Å². The third-order valence-electron chi connectivity index (χ3n) is 4.35. The van der Waals surface area contributed by atoms with Crippen LogP contribution in [0.25, 0.3) is 0 Å². The van der Waals surface area contributed by atoms with Crippen molar-refractivity contribution in [1.82, 2.24) is 4.98 Å². The van der Waals surface area contributed by atoms with Crippen LogP contribution in [0.15, 0.2) is 67.0 Å². The molecule has 0 bridgehead atoms. The van der Waals surface area contributed by atoms with Gasteiger partial charge in [-0.2, -0.15) is 0 Å². The molecule has 0 aliphatic carbocycles. The highest BCUT2D eigenvalue weighted by atomic mass is 16.5. The van der Waals surface area contributed by atoms with E-state index in [9.17, 15) is 9.59 Å². The predicted octanol–water partition coefficient (Wildman–Crippen LogP) is 4.31. The molecular formula is C24H25N3O4. The molecule has 7 heteroatoms. The number of pyridine rings is 1. The van der Waals surface area contributed by atoms with Gasteiger partial charge in [0.2, 0.25) is 5.91 Å². The Labute approximate surface area is 181 Å². The summed E-state index contributed by atoms with van der Waals surface area (Å²) in [6, 6.07) is 16.0. The number of hydrogen-bond acceptors (Lipinski definition) is 5. The third-order valence-corrected chi connectivity index (χ3v) is 4.35. The van der Waals surface area contributed by atoms with E-state index in [-0.39, 0.29) is 18.2 Å². The van der Waals surface area contributed by atoms with Gasteiger partial charge in [-0.3, -0.25) is 14.6 Å². The topological polar surface area (TPSA) is 89.6 Å². The van der Waals surface area contributed by atoms with Crippen molar-refractivity contribution in [3.05, 3.63) is 78.1 Å². The fraction of sp³-hybridized carbons (Fsp3) is 0.208. The number of anilines is 2. The number of carbonyl (C=O) groups excluding carboxylic acids is 2. The van der Waals surface area contributed by atoms with E-state index in [1.807, 2.05) is 44.2 Å². The Morgan fingerprint density at radius 1 is 0.839 bits per heavy atom. The van der Waals surface area contributed by atoms with Gasteiger partial charge in [0, 0.05) is 30.1 Å². The Kier molecular flexibility index (Phi) is 7.59. The van der Waals surface area contributed by atoms with E-state index in [0.717, 1.165) is 5.56 Å². The van der Waals surface area contributed by atoms with Crippen LogP contribution in [-0.2, 0) is 11.2 Å². The maximum atomic E-state index is 12.6. The number of hydrogen-bond donors (Lipinski definition) is 2. The van der Waals surface area contributed by atoms with E-state index in [2.05, 4.69) is 15.6 Å². The monoisotopic (exact) mass is 419 g/mol. The molecule has 0 saturated heterocycles. The minimum atomic E-state index is -0.299. The molecule has 2 amide bonds. The zero-order valence-corrected chi connectivity index (χ0v) is 17.6. The zero-order valence-electron chi connectivity index (χ0n) is 17.6. The van der Waals surface area contributed by atoms with E-state index < -0.39 is 0 Å². The Morgan fingerprint density at radius 3 is 2.00 bits per heavy atom. The number of nitrogens with one attached hydrogen (secondary N) is 2. The first kappa shape index (κ1) is 21.8. The lowest BCUT2D eigenvalue weighted by Gasteiger charge is -2.18. The minimum Gasteiger partial charge on any atom is -0.492 e. The van der Waals surface area contributed by atoms with Crippen molar-refractivity contribution in [3.63, 3.8) is 0 Å². The molecule has 0 saturated carbocycles. The normalized spacial score (nSPS) is 10.3. The molecule has 0 atom stereocenters. The van der Waals surface area contributed by atoms with Crippen LogP contribution in [-0.4, -0.2) is 30.0 Å². The Morgan fingerprint density at radius 2 is 1.42 bits per heavy atom. The van der Waals surface area contributed by atoms with Gasteiger partial charge >= 0.3 is 0 Å². The maximum absolute atomic E-state index is 12.6. The Bertz CT molecular complexity index is 1020. The Balaban J connectivity index is 1.86. The average molecular weight is 419 g/mol. The lowest BCUT2D eigenvalue weighted by molar-refractivity contribution is -0.115. The number of nitrogens with zero attached hydrogens (tertiary/aromatic N) is 1. The molecule has 160 valence electrons. The van der Waals surface area contributed by atoms with Gasteiger partial charge in [0.15, 0.2) is 0 Å². The first-order valence-corrected chi connectivity index (χ1v) is 10.1. The summed E-state index contributed by atoms with van der Waals surface area (Å²) in [5, 5.41) is 5.74. The maximum Gasteiger partial charge on any atom is 0.255 e. The highest BCUT2D eigenvalue weighted by molar-refractivity contribution is 6.05. The van der Waals surface area contributed by atoms with Crippen molar-refractivity contribution < 1.29 is 19.1 Å². The largest absolute Gasteiger partial charge is 0.492 e. The predicted molar refractivity (Wildman–Crippen MR) is 120 cm³/mol. The number of rotatable bonds is 9. The highest BCUT2D eigenvalue weighted by Crippen LogP contribution is 2.37. The molecule has 3 aromatic rings. The molecule has 0 fully saturated rings. The van der Waals surface area contributed by atoms with Gasteiger partial charge in [-0.05, 0) is 31.5 Å². The van der Waals surface area contributed by atoms with Crippen molar-refractivity contribution in [2.45, 2.75) is 20.3 Å². The summed E-state index contributed by atoms with van der Waals surface area (Å²) >= 11 is 0. The smallest absolute Gasteiger partial charge is 0.255 e. The van der Waals surface area contributed by atoms with Crippen LogP contribution >= 0.6 is 0 Å². The number of carbonyl (C=O) groups is 2. The third kappa shape index (κ3) is 6.05. The number of aromatic nitrogens is 1. The van der Waals surface area contributed by atoms with Crippen molar-refractivity contribution >= 4 is 23.2 Å². The number of ether oxygens (including phenoxy) is 2. The van der Waals surface area contributed by atoms with E-state index in [4.69, 9.17) is 9.47 Å².